The molecule has 0 unspecified atom stereocenters. The van der Waals surface area contributed by atoms with Crippen LogP contribution in [0.15, 0.2) is 34.6 Å². The van der Waals surface area contributed by atoms with Gasteiger partial charge >= 0.3 is 0 Å². The van der Waals surface area contributed by atoms with Crippen molar-refractivity contribution in [3.8, 4) is 0 Å². The first kappa shape index (κ1) is 13.9. The van der Waals surface area contributed by atoms with Crippen LogP contribution in [-0.2, 0) is 16.9 Å². The summed E-state index contributed by atoms with van der Waals surface area (Å²) in [5.74, 6) is 0.711. The predicted octanol–water partition coefficient (Wildman–Crippen LogP) is 0.561. The monoisotopic (exact) mass is 299 g/mol. The van der Waals surface area contributed by atoms with Crippen molar-refractivity contribution in [1.82, 2.24) is 25.2 Å². The van der Waals surface area contributed by atoms with Crippen molar-refractivity contribution in [2.75, 3.05) is 11.5 Å². The molecule has 0 saturated heterocycles. The van der Waals surface area contributed by atoms with Gasteiger partial charge in [-0.1, -0.05) is 17.8 Å². The molecule has 102 valence electrons. The highest BCUT2D eigenvalue weighted by Crippen LogP contribution is 2.15. The molecule has 0 aromatic carbocycles. The van der Waals surface area contributed by atoms with Gasteiger partial charge < -0.3 is 0 Å². The quantitative estimate of drug-likeness (QED) is 0.568. The number of hydrogen-bond acceptors (Lipinski definition) is 7. The maximum Gasteiger partial charge on any atom is 0.209 e. The highest BCUT2D eigenvalue weighted by molar-refractivity contribution is 7.99. The molecule has 0 aliphatic rings. The first-order valence-corrected chi connectivity index (χ1v) is 8.22. The summed E-state index contributed by atoms with van der Waals surface area (Å²) < 4.78 is 25.4. The highest BCUT2D eigenvalue weighted by atomic mass is 32.2. The van der Waals surface area contributed by atoms with Gasteiger partial charge in [0.15, 0.2) is 14.9 Å². The van der Waals surface area contributed by atoms with Crippen LogP contribution >= 0.6 is 11.8 Å². The Morgan fingerprint density at radius 2 is 2.21 bits per heavy atom. The molecule has 0 amide bonds. The number of pyridine rings is 1. The van der Waals surface area contributed by atoms with Crippen molar-refractivity contribution >= 4 is 21.6 Å². The second-order valence-electron chi connectivity index (χ2n) is 3.77. The summed E-state index contributed by atoms with van der Waals surface area (Å²) in [6, 6.07) is 4.87. The fraction of sp³-hybridized carbons (Fsp3) is 0.400. The van der Waals surface area contributed by atoms with Crippen molar-refractivity contribution in [1.29, 1.82) is 0 Å². The van der Waals surface area contributed by atoms with E-state index in [1.165, 1.54) is 24.0 Å². The van der Waals surface area contributed by atoms with Crippen LogP contribution in [0.2, 0.25) is 0 Å². The third kappa shape index (κ3) is 3.74. The Hall–Kier alpha value is -1.48. The Morgan fingerprint density at radius 3 is 2.84 bits per heavy atom. The second-order valence-corrected chi connectivity index (χ2v) is 6.89. The predicted molar refractivity (Wildman–Crippen MR) is 70.4 cm³/mol. The first-order chi connectivity index (χ1) is 9.09. The number of tetrazole rings is 1. The van der Waals surface area contributed by atoms with Gasteiger partial charge in [0.05, 0.1) is 5.75 Å². The lowest BCUT2D eigenvalue weighted by atomic mass is 10.5. The molecular formula is C10H13N5O2S2. The van der Waals surface area contributed by atoms with Gasteiger partial charge in [-0.3, -0.25) is 0 Å². The van der Waals surface area contributed by atoms with E-state index in [2.05, 4.69) is 20.5 Å². The Kier molecular flexibility index (Phi) is 4.48. The van der Waals surface area contributed by atoms with Crippen molar-refractivity contribution in [3.63, 3.8) is 0 Å². The van der Waals surface area contributed by atoms with Crippen molar-refractivity contribution in [2.24, 2.45) is 7.05 Å². The van der Waals surface area contributed by atoms with Crippen LogP contribution in [0.25, 0.3) is 0 Å². The zero-order valence-electron chi connectivity index (χ0n) is 10.3. The smallest absolute Gasteiger partial charge is 0.209 e. The fourth-order valence-corrected chi connectivity index (χ4v) is 3.60. The zero-order valence-corrected chi connectivity index (χ0v) is 11.9. The molecular weight excluding hydrogens is 286 g/mol. The van der Waals surface area contributed by atoms with E-state index >= 15 is 0 Å². The molecule has 7 nitrogen and oxygen atoms in total. The van der Waals surface area contributed by atoms with E-state index in [1.807, 2.05) is 0 Å². The molecule has 0 N–H and O–H groups in total. The third-order valence-corrected chi connectivity index (χ3v) is 5.13. The lowest BCUT2D eigenvalue weighted by Gasteiger charge is -2.02. The number of hydrogen-bond donors (Lipinski definition) is 0. The van der Waals surface area contributed by atoms with Gasteiger partial charge in [-0.2, -0.15) is 0 Å². The SMILES string of the molecule is Cn1nnnc1SCCCS(=O)(=O)c1ccccn1. The summed E-state index contributed by atoms with van der Waals surface area (Å²) in [7, 11) is -1.55. The Bertz CT molecular complexity index is 626. The molecule has 0 atom stereocenters. The van der Waals surface area contributed by atoms with E-state index < -0.39 is 9.84 Å². The van der Waals surface area contributed by atoms with Crippen LogP contribution in [0.3, 0.4) is 0 Å². The molecule has 2 aromatic heterocycles. The van der Waals surface area contributed by atoms with Crippen molar-refractivity contribution in [3.05, 3.63) is 24.4 Å². The minimum absolute atomic E-state index is 0.0717. The molecule has 9 heteroatoms. The van der Waals surface area contributed by atoms with Gasteiger partial charge in [-0.15, -0.1) is 5.10 Å². The largest absolute Gasteiger partial charge is 0.245 e. The van der Waals surface area contributed by atoms with Crippen LogP contribution in [0.5, 0.6) is 0 Å². The Balaban J connectivity index is 1.84. The van der Waals surface area contributed by atoms with Crippen LogP contribution < -0.4 is 0 Å². The first-order valence-electron chi connectivity index (χ1n) is 5.58. The molecule has 0 saturated carbocycles. The maximum atomic E-state index is 11.9. The fourth-order valence-electron chi connectivity index (χ4n) is 1.39. The Morgan fingerprint density at radius 1 is 1.37 bits per heavy atom. The summed E-state index contributed by atoms with van der Waals surface area (Å²) >= 11 is 1.43. The average molecular weight is 299 g/mol. The molecule has 2 aromatic rings. The van der Waals surface area contributed by atoms with Crippen LogP contribution in [0, 0.1) is 0 Å². The van der Waals surface area contributed by atoms with Gasteiger partial charge in [-0.05, 0) is 29.0 Å². The number of aromatic nitrogens is 5. The summed E-state index contributed by atoms with van der Waals surface area (Å²) in [5, 5.41) is 11.8. The van der Waals surface area contributed by atoms with Crippen molar-refractivity contribution < 1.29 is 8.42 Å². The third-order valence-electron chi connectivity index (χ3n) is 2.33. The molecule has 0 spiro atoms. The van der Waals surface area contributed by atoms with E-state index in [4.69, 9.17) is 0 Å². The van der Waals surface area contributed by atoms with Crippen LogP contribution in [0.4, 0.5) is 0 Å². The maximum absolute atomic E-state index is 11.9. The van der Waals surface area contributed by atoms with Crippen LogP contribution in [0.1, 0.15) is 6.42 Å². The summed E-state index contributed by atoms with van der Waals surface area (Å²) in [4.78, 5) is 3.86. The number of nitrogens with zero attached hydrogens (tertiary/aromatic N) is 5. The summed E-state index contributed by atoms with van der Waals surface area (Å²) in [6.07, 6.45) is 2.00. The minimum Gasteiger partial charge on any atom is -0.245 e. The number of aryl methyl sites for hydroxylation is 1. The normalized spacial score (nSPS) is 11.6. The molecule has 0 aliphatic heterocycles. The standard InChI is InChI=1S/C10H13N5O2S2/c1-15-10(12-13-14-15)18-7-4-8-19(16,17)9-5-2-3-6-11-9/h2-3,5-6H,4,7-8H2,1H3. The number of rotatable bonds is 6. The van der Waals surface area contributed by atoms with E-state index in [0.29, 0.717) is 17.3 Å². The average Bonchev–Trinajstić information content (AvgIpc) is 2.81. The number of sulfone groups is 1. The Labute approximate surface area is 115 Å². The second kappa shape index (κ2) is 6.11. The van der Waals surface area contributed by atoms with E-state index in [-0.39, 0.29) is 10.8 Å². The molecule has 2 rings (SSSR count). The summed E-state index contributed by atoms with van der Waals surface area (Å²) in [5.41, 5.74) is 0. The molecule has 2 heterocycles. The van der Waals surface area contributed by atoms with E-state index in [9.17, 15) is 8.42 Å². The molecule has 0 radical (unpaired) electrons. The highest BCUT2D eigenvalue weighted by Gasteiger charge is 2.15. The zero-order chi connectivity index (χ0) is 13.7. The molecule has 0 bridgehead atoms. The lowest BCUT2D eigenvalue weighted by molar-refractivity contribution is 0.591. The van der Waals surface area contributed by atoms with E-state index in [1.54, 1.807) is 23.9 Å². The van der Waals surface area contributed by atoms with Gasteiger partial charge in [0.1, 0.15) is 0 Å². The van der Waals surface area contributed by atoms with Gasteiger partial charge in [0.2, 0.25) is 5.16 Å². The van der Waals surface area contributed by atoms with Gasteiger partial charge in [-0.25, -0.2) is 18.1 Å². The topological polar surface area (TPSA) is 90.6 Å². The molecule has 0 fully saturated rings. The van der Waals surface area contributed by atoms with Crippen molar-refractivity contribution in [2.45, 2.75) is 16.6 Å². The lowest BCUT2D eigenvalue weighted by Crippen LogP contribution is -2.09. The molecule has 0 aliphatic carbocycles. The van der Waals surface area contributed by atoms with Gasteiger partial charge in [0, 0.05) is 19.0 Å². The minimum atomic E-state index is -3.29. The van der Waals surface area contributed by atoms with Gasteiger partial charge in [0.25, 0.3) is 0 Å². The number of thioether (sulfide) groups is 1. The van der Waals surface area contributed by atoms with Crippen LogP contribution in [-0.4, -0.2) is 45.1 Å². The molecule has 19 heavy (non-hydrogen) atoms. The van der Waals surface area contributed by atoms with E-state index in [0.717, 1.165) is 0 Å². The summed E-state index contributed by atoms with van der Waals surface area (Å²) in [6.45, 7) is 0.